The van der Waals surface area contributed by atoms with Crippen molar-refractivity contribution in [3.8, 4) is 0 Å². The van der Waals surface area contributed by atoms with Gasteiger partial charge in [-0.15, -0.1) is 0 Å². The first-order valence-electron chi connectivity index (χ1n) is 15.6. The molecule has 0 N–H and O–H groups in total. The van der Waals surface area contributed by atoms with Crippen LogP contribution in [0.5, 0.6) is 0 Å². The molecular weight excluding hydrogens is 533 g/mol. The molecule has 0 spiro atoms. The molecule has 0 amide bonds. The predicted octanol–water partition coefficient (Wildman–Crippen LogP) is 8.41. The standard InChI is InChI=1S/C40H32BN3/c1-27-28(2)42-36-22-13-23-37-39(36)41(35-21-12-20-33(27)40(35)42)34-25-24-32(26-38(34)44(37)31-18-10-5-11-19-31)43(29-14-6-3-7-15-29)30-16-8-4-9-17-30/h3-28H,1-2H3. The smallest absolute Gasteiger partial charge is 0.252 e. The second kappa shape index (κ2) is 9.65. The average Bonchev–Trinajstić information content (AvgIpc) is 3.34. The van der Waals surface area contributed by atoms with E-state index in [0.717, 1.165) is 17.1 Å². The molecule has 9 rings (SSSR count). The van der Waals surface area contributed by atoms with Crippen LogP contribution in [0.15, 0.2) is 146 Å². The number of para-hydroxylation sites is 4. The van der Waals surface area contributed by atoms with Crippen LogP contribution in [0, 0.1) is 0 Å². The van der Waals surface area contributed by atoms with Crippen LogP contribution in [0.25, 0.3) is 0 Å². The molecule has 0 fully saturated rings. The summed E-state index contributed by atoms with van der Waals surface area (Å²) in [5.74, 6) is 0.471. The minimum atomic E-state index is 0.163. The summed E-state index contributed by atoms with van der Waals surface area (Å²) in [5.41, 5.74) is 15.5. The van der Waals surface area contributed by atoms with Crippen LogP contribution in [0.4, 0.5) is 45.5 Å². The largest absolute Gasteiger partial charge is 0.339 e. The number of rotatable bonds is 4. The fraction of sp³-hybridized carbons (Fsp3) is 0.100. The molecule has 210 valence electrons. The van der Waals surface area contributed by atoms with Gasteiger partial charge in [-0.05, 0) is 89.5 Å². The number of nitrogens with zero attached hydrogens (tertiary/aromatic N) is 3. The van der Waals surface area contributed by atoms with E-state index in [0.29, 0.717) is 12.0 Å². The molecule has 2 unspecified atom stereocenters. The normalized spacial score (nSPS) is 17.2. The second-order valence-electron chi connectivity index (χ2n) is 12.2. The van der Waals surface area contributed by atoms with Gasteiger partial charge >= 0.3 is 0 Å². The van der Waals surface area contributed by atoms with E-state index in [9.17, 15) is 0 Å². The van der Waals surface area contributed by atoms with Crippen molar-refractivity contribution in [2.45, 2.75) is 25.8 Å². The molecule has 0 saturated carbocycles. The molecule has 3 nitrogen and oxygen atoms in total. The monoisotopic (exact) mass is 565 g/mol. The Hall–Kier alpha value is -5.22. The Balaban J connectivity index is 1.33. The highest BCUT2D eigenvalue weighted by molar-refractivity contribution is 7.00. The molecule has 0 bridgehead atoms. The van der Waals surface area contributed by atoms with Crippen LogP contribution >= 0.6 is 0 Å². The first-order chi connectivity index (χ1) is 21.7. The summed E-state index contributed by atoms with van der Waals surface area (Å²) < 4.78 is 0. The average molecular weight is 566 g/mol. The van der Waals surface area contributed by atoms with E-state index < -0.39 is 0 Å². The Morgan fingerprint density at radius 2 is 1.18 bits per heavy atom. The SMILES string of the molecule is CC1c2cccc3c2N(c2cccc4c2B3c2ccc(N(c3ccccc3)c3ccccc3)cc2N4c2ccccc2)C1C. The molecule has 6 aromatic rings. The van der Waals surface area contributed by atoms with E-state index in [1.165, 1.54) is 50.4 Å². The Bertz CT molecular complexity index is 1990. The molecule has 3 aliphatic rings. The van der Waals surface area contributed by atoms with Gasteiger partial charge in [-0.1, -0.05) is 91.9 Å². The van der Waals surface area contributed by atoms with Crippen molar-refractivity contribution in [3.05, 3.63) is 151 Å². The number of anilines is 8. The van der Waals surface area contributed by atoms with Crippen molar-refractivity contribution in [1.29, 1.82) is 0 Å². The molecule has 4 heteroatoms. The first kappa shape index (κ1) is 25.3. The summed E-state index contributed by atoms with van der Waals surface area (Å²) in [6.07, 6.45) is 0. The highest BCUT2D eigenvalue weighted by Crippen LogP contribution is 2.49. The van der Waals surface area contributed by atoms with E-state index in [-0.39, 0.29) is 6.71 Å². The van der Waals surface area contributed by atoms with Crippen LogP contribution in [0.1, 0.15) is 25.3 Å². The lowest BCUT2D eigenvalue weighted by molar-refractivity contribution is 0.643. The minimum Gasteiger partial charge on any atom is -0.339 e. The summed E-state index contributed by atoms with van der Waals surface area (Å²) in [7, 11) is 0. The number of hydrogen-bond donors (Lipinski definition) is 0. The third-order valence-electron chi connectivity index (χ3n) is 9.99. The third-order valence-corrected chi connectivity index (χ3v) is 9.99. The molecule has 6 aromatic carbocycles. The van der Waals surface area contributed by atoms with Gasteiger partial charge in [0, 0.05) is 57.5 Å². The van der Waals surface area contributed by atoms with E-state index in [2.05, 4.69) is 174 Å². The molecule has 2 atom stereocenters. The zero-order chi connectivity index (χ0) is 29.4. The van der Waals surface area contributed by atoms with E-state index in [4.69, 9.17) is 0 Å². The Morgan fingerprint density at radius 3 is 1.89 bits per heavy atom. The summed E-state index contributed by atoms with van der Waals surface area (Å²) in [4.78, 5) is 7.47. The van der Waals surface area contributed by atoms with Gasteiger partial charge < -0.3 is 14.7 Å². The summed E-state index contributed by atoms with van der Waals surface area (Å²) in [6, 6.07) is 53.6. The first-order valence-corrected chi connectivity index (χ1v) is 15.6. The van der Waals surface area contributed by atoms with Crippen molar-refractivity contribution in [3.63, 3.8) is 0 Å². The van der Waals surface area contributed by atoms with Crippen LogP contribution in [0.3, 0.4) is 0 Å². The van der Waals surface area contributed by atoms with Crippen LogP contribution < -0.4 is 31.1 Å². The zero-order valence-electron chi connectivity index (χ0n) is 24.9. The van der Waals surface area contributed by atoms with Gasteiger partial charge in [0.2, 0.25) is 0 Å². The molecule has 3 aliphatic heterocycles. The van der Waals surface area contributed by atoms with E-state index in [1.807, 2.05) is 0 Å². The van der Waals surface area contributed by atoms with E-state index >= 15 is 0 Å². The molecular formula is C40H32BN3. The van der Waals surface area contributed by atoms with Gasteiger partial charge in [0.15, 0.2) is 0 Å². The lowest BCUT2D eigenvalue weighted by Crippen LogP contribution is -2.62. The Kier molecular flexibility index (Phi) is 5.55. The van der Waals surface area contributed by atoms with Gasteiger partial charge in [-0.3, -0.25) is 0 Å². The van der Waals surface area contributed by atoms with Gasteiger partial charge in [-0.2, -0.15) is 0 Å². The van der Waals surface area contributed by atoms with E-state index in [1.54, 1.807) is 0 Å². The van der Waals surface area contributed by atoms with Crippen LogP contribution in [0.2, 0.25) is 0 Å². The molecule has 0 radical (unpaired) electrons. The summed E-state index contributed by atoms with van der Waals surface area (Å²) >= 11 is 0. The third kappa shape index (κ3) is 3.51. The number of fused-ring (bicyclic) bond motifs is 4. The fourth-order valence-electron chi connectivity index (χ4n) is 7.90. The second-order valence-corrected chi connectivity index (χ2v) is 12.2. The summed E-state index contributed by atoms with van der Waals surface area (Å²) in [5, 5.41) is 0. The van der Waals surface area contributed by atoms with Crippen molar-refractivity contribution < 1.29 is 0 Å². The molecule has 0 aromatic heterocycles. The fourth-order valence-corrected chi connectivity index (χ4v) is 7.90. The molecule has 3 heterocycles. The van der Waals surface area contributed by atoms with Crippen LogP contribution in [-0.2, 0) is 0 Å². The molecule has 0 saturated heterocycles. The maximum absolute atomic E-state index is 2.62. The number of benzene rings is 6. The van der Waals surface area contributed by atoms with Crippen molar-refractivity contribution in [1.82, 2.24) is 0 Å². The quantitative estimate of drug-likeness (QED) is 0.199. The number of hydrogen-bond acceptors (Lipinski definition) is 3. The van der Waals surface area contributed by atoms with Crippen LogP contribution in [-0.4, -0.2) is 12.8 Å². The Morgan fingerprint density at radius 1 is 0.545 bits per heavy atom. The maximum atomic E-state index is 2.62. The predicted molar refractivity (Wildman–Crippen MR) is 187 cm³/mol. The highest BCUT2D eigenvalue weighted by atomic mass is 15.2. The minimum absolute atomic E-state index is 0.163. The summed E-state index contributed by atoms with van der Waals surface area (Å²) in [6.45, 7) is 4.93. The van der Waals surface area contributed by atoms with Gasteiger partial charge in [0.1, 0.15) is 0 Å². The molecule has 44 heavy (non-hydrogen) atoms. The maximum Gasteiger partial charge on any atom is 0.252 e. The van der Waals surface area contributed by atoms with Crippen molar-refractivity contribution >= 4 is 68.6 Å². The lowest BCUT2D eigenvalue weighted by atomic mass is 9.33. The lowest BCUT2D eigenvalue weighted by Gasteiger charge is -2.44. The van der Waals surface area contributed by atoms with Crippen molar-refractivity contribution in [2.75, 3.05) is 14.7 Å². The van der Waals surface area contributed by atoms with Gasteiger partial charge in [-0.25, -0.2) is 0 Å². The van der Waals surface area contributed by atoms with Gasteiger partial charge in [0.25, 0.3) is 6.71 Å². The van der Waals surface area contributed by atoms with Crippen molar-refractivity contribution in [2.24, 2.45) is 0 Å². The Labute approximate surface area is 259 Å². The highest BCUT2D eigenvalue weighted by Gasteiger charge is 2.47. The zero-order valence-corrected chi connectivity index (χ0v) is 24.9. The topological polar surface area (TPSA) is 9.72 Å². The molecule has 0 aliphatic carbocycles. The van der Waals surface area contributed by atoms with Gasteiger partial charge in [0.05, 0.1) is 0 Å².